The molecule has 1 N–H and O–H groups in total. The first kappa shape index (κ1) is 15.1. The SMILES string of the molecule is O=C(O)CC1[C@H]2CN(c3nc(Cl)nc4c3CCCC4(F)F)C[C@@H]12. The van der Waals surface area contributed by atoms with Crippen molar-refractivity contribution >= 4 is 23.4 Å². The van der Waals surface area contributed by atoms with Crippen LogP contribution >= 0.6 is 11.6 Å². The summed E-state index contributed by atoms with van der Waals surface area (Å²) < 4.78 is 28.2. The highest BCUT2D eigenvalue weighted by Crippen LogP contribution is 2.55. The molecule has 3 atom stereocenters. The summed E-state index contributed by atoms with van der Waals surface area (Å²) in [6.45, 7) is 1.32. The molecule has 0 bridgehead atoms. The van der Waals surface area contributed by atoms with Crippen LogP contribution in [0.4, 0.5) is 14.6 Å². The summed E-state index contributed by atoms with van der Waals surface area (Å²) in [5, 5.41) is 8.73. The number of rotatable bonds is 3. The number of hydrogen-bond donors (Lipinski definition) is 1. The highest BCUT2D eigenvalue weighted by molar-refractivity contribution is 6.28. The van der Waals surface area contributed by atoms with Crippen LogP contribution in [0.3, 0.4) is 0 Å². The van der Waals surface area contributed by atoms with E-state index in [-0.39, 0.29) is 29.7 Å². The minimum atomic E-state index is -2.95. The number of piperidine rings is 1. The predicted molar refractivity (Wildman–Crippen MR) is 78.8 cm³/mol. The monoisotopic (exact) mass is 343 g/mol. The molecule has 0 aromatic carbocycles. The highest BCUT2D eigenvalue weighted by Gasteiger charge is 2.56. The van der Waals surface area contributed by atoms with Gasteiger partial charge >= 0.3 is 5.97 Å². The second-order valence-electron chi connectivity index (χ2n) is 6.70. The van der Waals surface area contributed by atoms with Crippen LogP contribution in [0.1, 0.15) is 30.5 Å². The van der Waals surface area contributed by atoms with Gasteiger partial charge in [-0.25, -0.2) is 9.97 Å². The van der Waals surface area contributed by atoms with Crippen LogP contribution in [0.5, 0.6) is 0 Å². The number of aromatic nitrogens is 2. The van der Waals surface area contributed by atoms with Crippen LogP contribution < -0.4 is 4.90 Å². The zero-order chi connectivity index (χ0) is 16.4. The Balaban J connectivity index is 1.60. The van der Waals surface area contributed by atoms with Gasteiger partial charge in [-0.05, 0) is 42.2 Å². The van der Waals surface area contributed by atoms with Crippen molar-refractivity contribution in [2.75, 3.05) is 18.0 Å². The van der Waals surface area contributed by atoms with Gasteiger partial charge in [0, 0.05) is 31.5 Å². The first-order valence-electron chi connectivity index (χ1n) is 7.78. The molecule has 4 rings (SSSR count). The number of aliphatic carboxylic acids is 1. The molecular formula is C15H16ClF2N3O2. The molecule has 124 valence electrons. The van der Waals surface area contributed by atoms with Crippen molar-refractivity contribution in [2.45, 2.75) is 31.6 Å². The predicted octanol–water partition coefficient (Wildman–Crippen LogP) is 2.72. The number of carboxylic acids is 1. The van der Waals surface area contributed by atoms with Gasteiger partial charge in [-0.15, -0.1) is 0 Å². The Morgan fingerprint density at radius 1 is 1.35 bits per heavy atom. The van der Waals surface area contributed by atoms with Crippen molar-refractivity contribution in [3.8, 4) is 0 Å². The summed E-state index contributed by atoms with van der Waals surface area (Å²) in [6, 6.07) is 0. The van der Waals surface area contributed by atoms with E-state index in [0.29, 0.717) is 49.1 Å². The third-order valence-electron chi connectivity index (χ3n) is 5.30. The Kier molecular flexibility index (Phi) is 3.27. The molecule has 23 heavy (non-hydrogen) atoms. The minimum Gasteiger partial charge on any atom is -0.481 e. The number of halogens is 3. The van der Waals surface area contributed by atoms with Gasteiger partial charge in [0.2, 0.25) is 5.28 Å². The topological polar surface area (TPSA) is 66.3 Å². The smallest absolute Gasteiger partial charge is 0.303 e. The molecule has 2 aliphatic carbocycles. The van der Waals surface area contributed by atoms with E-state index >= 15 is 0 Å². The fraction of sp³-hybridized carbons (Fsp3) is 0.667. The fourth-order valence-electron chi connectivity index (χ4n) is 4.17. The van der Waals surface area contributed by atoms with Gasteiger partial charge in [0.05, 0.1) is 0 Å². The lowest BCUT2D eigenvalue weighted by atomic mass is 9.93. The molecule has 1 unspecified atom stereocenters. The van der Waals surface area contributed by atoms with Gasteiger partial charge in [0.15, 0.2) is 0 Å². The Hall–Kier alpha value is -1.50. The van der Waals surface area contributed by atoms with E-state index in [1.54, 1.807) is 0 Å². The number of anilines is 1. The van der Waals surface area contributed by atoms with Crippen molar-refractivity contribution < 1.29 is 18.7 Å². The van der Waals surface area contributed by atoms with Crippen LogP contribution in [0.2, 0.25) is 5.28 Å². The fourth-order valence-corrected chi connectivity index (χ4v) is 4.34. The molecule has 0 amide bonds. The summed E-state index contributed by atoms with van der Waals surface area (Å²) in [7, 11) is 0. The van der Waals surface area contributed by atoms with Crippen LogP contribution in [0, 0.1) is 17.8 Å². The highest BCUT2D eigenvalue weighted by atomic mass is 35.5. The summed E-state index contributed by atoms with van der Waals surface area (Å²) in [5.74, 6) is -2.38. The summed E-state index contributed by atoms with van der Waals surface area (Å²) >= 11 is 5.87. The van der Waals surface area contributed by atoms with Gasteiger partial charge in [-0.2, -0.15) is 8.78 Å². The quantitative estimate of drug-likeness (QED) is 0.855. The maximum Gasteiger partial charge on any atom is 0.303 e. The lowest BCUT2D eigenvalue weighted by molar-refractivity contribution is -0.137. The molecule has 1 aromatic heterocycles. The van der Waals surface area contributed by atoms with Crippen LogP contribution in [-0.2, 0) is 17.1 Å². The number of alkyl halides is 2. The van der Waals surface area contributed by atoms with Crippen molar-refractivity contribution in [1.29, 1.82) is 0 Å². The van der Waals surface area contributed by atoms with E-state index in [9.17, 15) is 13.6 Å². The normalized spacial score (nSPS) is 30.7. The zero-order valence-electron chi connectivity index (χ0n) is 12.3. The van der Waals surface area contributed by atoms with E-state index in [0.717, 1.165) is 0 Å². The maximum atomic E-state index is 14.1. The maximum absolute atomic E-state index is 14.1. The lowest BCUT2D eigenvalue weighted by Gasteiger charge is -2.29. The molecule has 8 heteroatoms. The van der Waals surface area contributed by atoms with Crippen LogP contribution in [0.25, 0.3) is 0 Å². The van der Waals surface area contributed by atoms with E-state index < -0.39 is 11.9 Å². The van der Waals surface area contributed by atoms with Gasteiger partial charge in [-0.3, -0.25) is 4.79 Å². The zero-order valence-corrected chi connectivity index (χ0v) is 13.1. The average molecular weight is 344 g/mol. The van der Waals surface area contributed by atoms with E-state index in [1.807, 2.05) is 4.90 Å². The molecule has 1 aliphatic heterocycles. The molecule has 3 aliphatic rings. The van der Waals surface area contributed by atoms with E-state index in [2.05, 4.69) is 9.97 Å². The van der Waals surface area contributed by atoms with Gasteiger partial charge in [-0.1, -0.05) is 0 Å². The Bertz CT molecular complexity index is 673. The number of carboxylic acid groups (broad SMARTS) is 1. The molecule has 1 saturated carbocycles. The molecule has 5 nitrogen and oxygen atoms in total. The Morgan fingerprint density at radius 3 is 2.70 bits per heavy atom. The molecule has 0 radical (unpaired) electrons. The largest absolute Gasteiger partial charge is 0.481 e. The first-order valence-corrected chi connectivity index (χ1v) is 8.16. The molecule has 2 heterocycles. The molecule has 2 fully saturated rings. The number of nitrogens with zero attached hydrogens (tertiary/aromatic N) is 3. The summed E-state index contributed by atoms with van der Waals surface area (Å²) in [6.07, 6.45) is 0.907. The van der Waals surface area contributed by atoms with Crippen LogP contribution in [0.15, 0.2) is 0 Å². The van der Waals surface area contributed by atoms with Gasteiger partial charge in [0.1, 0.15) is 11.5 Å². The first-order chi connectivity index (χ1) is 10.9. The molecule has 1 aromatic rings. The Labute approximate surface area is 136 Å². The number of hydrogen-bond acceptors (Lipinski definition) is 4. The van der Waals surface area contributed by atoms with Gasteiger partial charge in [0.25, 0.3) is 5.92 Å². The van der Waals surface area contributed by atoms with Gasteiger partial charge < -0.3 is 10.0 Å². The summed E-state index contributed by atoms with van der Waals surface area (Å²) in [5.41, 5.74) is 0.267. The lowest BCUT2D eigenvalue weighted by Crippen LogP contribution is -2.31. The molecule has 1 saturated heterocycles. The van der Waals surface area contributed by atoms with Crippen molar-refractivity contribution in [2.24, 2.45) is 17.8 Å². The Morgan fingerprint density at radius 2 is 2.04 bits per heavy atom. The second kappa shape index (κ2) is 5.00. The van der Waals surface area contributed by atoms with E-state index in [1.165, 1.54) is 0 Å². The third-order valence-corrected chi connectivity index (χ3v) is 5.47. The summed E-state index contributed by atoms with van der Waals surface area (Å²) in [4.78, 5) is 20.8. The third kappa shape index (κ3) is 2.45. The minimum absolute atomic E-state index is 0.150. The van der Waals surface area contributed by atoms with Crippen molar-refractivity contribution in [3.05, 3.63) is 16.5 Å². The second-order valence-corrected chi connectivity index (χ2v) is 7.03. The van der Waals surface area contributed by atoms with Crippen molar-refractivity contribution in [1.82, 2.24) is 9.97 Å². The average Bonchev–Trinajstić information content (AvgIpc) is 2.92. The number of carbonyl (C=O) groups is 1. The standard InChI is InChI=1S/C15H16ClF2N3O2/c16-14-19-12-7(2-1-3-15(12,17)18)13(20-14)21-5-9-8(4-11(22)23)10(9)6-21/h8-10H,1-6H2,(H,22,23)/t8?,9-,10+. The van der Waals surface area contributed by atoms with Crippen molar-refractivity contribution in [3.63, 3.8) is 0 Å². The number of fused-ring (bicyclic) bond motifs is 2. The molecule has 0 spiro atoms. The van der Waals surface area contributed by atoms with Crippen LogP contribution in [-0.4, -0.2) is 34.1 Å². The molecular weight excluding hydrogens is 328 g/mol. The van der Waals surface area contributed by atoms with E-state index in [4.69, 9.17) is 16.7 Å².